The average molecular weight is 235 g/mol. The third kappa shape index (κ3) is 3.37. The van der Waals surface area contributed by atoms with Gasteiger partial charge in [0, 0.05) is 38.2 Å². The van der Waals surface area contributed by atoms with Gasteiger partial charge in [0.05, 0.1) is 0 Å². The highest BCUT2D eigenvalue weighted by Gasteiger charge is 2.39. The molecule has 0 aliphatic carbocycles. The summed E-state index contributed by atoms with van der Waals surface area (Å²) in [5.74, 6) is -1.81. The van der Waals surface area contributed by atoms with Crippen LogP contribution >= 0.6 is 0 Å². The van der Waals surface area contributed by atoms with Gasteiger partial charge in [-0.3, -0.25) is 4.79 Å². The molecule has 0 radical (unpaired) electrons. The van der Waals surface area contributed by atoms with E-state index in [9.17, 15) is 18.0 Å². The monoisotopic (exact) mass is 235 g/mol. The molecule has 1 heterocycles. The van der Waals surface area contributed by atoms with Crippen molar-refractivity contribution in [2.75, 3.05) is 13.7 Å². The second-order valence-corrected chi connectivity index (χ2v) is 3.31. The van der Waals surface area contributed by atoms with E-state index in [4.69, 9.17) is 4.74 Å². The van der Waals surface area contributed by atoms with Crippen LogP contribution in [-0.4, -0.2) is 30.2 Å². The van der Waals surface area contributed by atoms with Gasteiger partial charge in [-0.15, -0.1) is 0 Å². The van der Waals surface area contributed by atoms with Gasteiger partial charge < -0.3 is 9.30 Å². The maximum atomic E-state index is 12.1. The fourth-order valence-electron chi connectivity index (χ4n) is 1.27. The molecule has 16 heavy (non-hydrogen) atoms. The molecular formula is C10H12F3NO2. The van der Waals surface area contributed by atoms with Gasteiger partial charge in [0.2, 0.25) is 0 Å². The number of Topliss-reactive ketones (excluding diaryl/α,β-unsaturated/α-hetero) is 1. The zero-order valence-corrected chi connectivity index (χ0v) is 8.75. The minimum atomic E-state index is -4.81. The zero-order valence-electron chi connectivity index (χ0n) is 8.75. The van der Waals surface area contributed by atoms with Crippen LogP contribution in [0.2, 0.25) is 0 Å². The Morgan fingerprint density at radius 3 is 2.75 bits per heavy atom. The SMILES string of the molecule is COCCCn1ccc(C(=O)C(F)(F)F)c1. The molecule has 0 saturated carbocycles. The molecule has 0 aliphatic rings. The minimum Gasteiger partial charge on any atom is -0.385 e. The van der Waals surface area contributed by atoms with Gasteiger partial charge in [-0.05, 0) is 12.5 Å². The number of aromatic nitrogens is 1. The third-order valence-corrected chi connectivity index (χ3v) is 2.03. The van der Waals surface area contributed by atoms with Crippen LogP contribution in [0.25, 0.3) is 0 Å². The molecule has 1 aromatic heterocycles. The summed E-state index contributed by atoms with van der Waals surface area (Å²) in [6.07, 6.45) is -1.47. The molecule has 1 rings (SSSR count). The molecule has 0 aromatic carbocycles. The number of hydrogen-bond donors (Lipinski definition) is 0. The lowest BCUT2D eigenvalue weighted by molar-refractivity contribution is -0.0885. The molecule has 6 heteroatoms. The number of aryl methyl sites for hydroxylation is 1. The van der Waals surface area contributed by atoms with Crippen molar-refractivity contribution in [3.8, 4) is 0 Å². The average Bonchev–Trinajstić information content (AvgIpc) is 2.64. The van der Waals surface area contributed by atoms with E-state index in [-0.39, 0.29) is 5.56 Å². The molecule has 0 N–H and O–H groups in total. The van der Waals surface area contributed by atoms with Crippen molar-refractivity contribution in [1.82, 2.24) is 4.57 Å². The van der Waals surface area contributed by atoms with Crippen molar-refractivity contribution in [3.63, 3.8) is 0 Å². The lowest BCUT2D eigenvalue weighted by atomic mass is 10.2. The maximum Gasteiger partial charge on any atom is 0.454 e. The first-order chi connectivity index (χ1) is 7.45. The van der Waals surface area contributed by atoms with Crippen LogP contribution in [0.1, 0.15) is 16.8 Å². The van der Waals surface area contributed by atoms with E-state index in [1.807, 2.05) is 0 Å². The van der Waals surface area contributed by atoms with Gasteiger partial charge in [-0.25, -0.2) is 0 Å². The van der Waals surface area contributed by atoms with Gasteiger partial charge in [0.15, 0.2) is 0 Å². The summed E-state index contributed by atoms with van der Waals surface area (Å²) in [4.78, 5) is 10.8. The summed E-state index contributed by atoms with van der Waals surface area (Å²) < 4.78 is 42.6. The number of methoxy groups -OCH3 is 1. The lowest BCUT2D eigenvalue weighted by Crippen LogP contribution is -2.22. The van der Waals surface area contributed by atoms with Crippen molar-refractivity contribution >= 4 is 5.78 Å². The van der Waals surface area contributed by atoms with Crippen LogP contribution in [0.3, 0.4) is 0 Å². The van der Waals surface area contributed by atoms with Crippen LogP contribution in [0.15, 0.2) is 18.5 Å². The molecule has 0 aliphatic heterocycles. The first kappa shape index (κ1) is 12.8. The van der Waals surface area contributed by atoms with Gasteiger partial charge >= 0.3 is 6.18 Å². The zero-order chi connectivity index (χ0) is 12.2. The van der Waals surface area contributed by atoms with E-state index in [2.05, 4.69) is 0 Å². The summed E-state index contributed by atoms with van der Waals surface area (Å²) in [6, 6.07) is 1.17. The Morgan fingerprint density at radius 2 is 2.19 bits per heavy atom. The molecule has 0 fully saturated rings. The first-order valence-corrected chi connectivity index (χ1v) is 4.71. The fourth-order valence-corrected chi connectivity index (χ4v) is 1.27. The molecule has 0 saturated heterocycles. The molecule has 0 atom stereocenters. The predicted octanol–water partition coefficient (Wildman–Crippen LogP) is 2.27. The maximum absolute atomic E-state index is 12.1. The van der Waals surface area contributed by atoms with E-state index < -0.39 is 12.0 Å². The summed E-state index contributed by atoms with van der Waals surface area (Å²) in [5.41, 5.74) is -0.329. The molecular weight excluding hydrogens is 223 g/mol. The van der Waals surface area contributed by atoms with Gasteiger partial charge in [0.25, 0.3) is 5.78 Å². The summed E-state index contributed by atoms with van der Waals surface area (Å²) in [6.45, 7) is 1.06. The largest absolute Gasteiger partial charge is 0.454 e. The first-order valence-electron chi connectivity index (χ1n) is 4.71. The summed E-state index contributed by atoms with van der Waals surface area (Å²) >= 11 is 0. The summed E-state index contributed by atoms with van der Waals surface area (Å²) in [7, 11) is 1.55. The topological polar surface area (TPSA) is 31.2 Å². The van der Waals surface area contributed by atoms with Crippen LogP contribution in [0.5, 0.6) is 0 Å². The second-order valence-electron chi connectivity index (χ2n) is 3.31. The Bertz CT molecular complexity index is 357. The normalized spacial score (nSPS) is 11.8. The Kier molecular flexibility index (Phi) is 4.12. The lowest BCUT2D eigenvalue weighted by Gasteiger charge is -2.03. The van der Waals surface area contributed by atoms with E-state index in [1.54, 1.807) is 7.11 Å². The molecule has 1 aromatic rings. The number of nitrogens with zero attached hydrogens (tertiary/aromatic N) is 1. The highest BCUT2D eigenvalue weighted by molar-refractivity contribution is 6.00. The Labute approximate surface area is 90.8 Å². The van der Waals surface area contributed by atoms with Crippen LogP contribution in [-0.2, 0) is 11.3 Å². The molecule has 0 amide bonds. The summed E-state index contributed by atoms with van der Waals surface area (Å²) in [5, 5.41) is 0. The highest BCUT2D eigenvalue weighted by atomic mass is 19.4. The van der Waals surface area contributed by atoms with Crippen LogP contribution in [0.4, 0.5) is 13.2 Å². The van der Waals surface area contributed by atoms with Crippen LogP contribution < -0.4 is 0 Å². The van der Waals surface area contributed by atoms with Crippen molar-refractivity contribution in [2.24, 2.45) is 0 Å². The number of carbonyl (C=O) groups excluding carboxylic acids is 1. The second kappa shape index (κ2) is 5.16. The Morgan fingerprint density at radius 1 is 1.50 bits per heavy atom. The van der Waals surface area contributed by atoms with Crippen molar-refractivity contribution in [2.45, 2.75) is 19.1 Å². The van der Waals surface area contributed by atoms with Crippen molar-refractivity contribution in [1.29, 1.82) is 0 Å². The van der Waals surface area contributed by atoms with Crippen molar-refractivity contribution < 1.29 is 22.7 Å². The molecule has 0 bridgehead atoms. The Hall–Kier alpha value is -1.30. The number of halogens is 3. The number of rotatable bonds is 5. The van der Waals surface area contributed by atoms with Gasteiger partial charge in [0.1, 0.15) is 0 Å². The van der Waals surface area contributed by atoms with Crippen molar-refractivity contribution in [3.05, 3.63) is 24.0 Å². The quantitative estimate of drug-likeness (QED) is 0.579. The number of ketones is 1. The third-order valence-electron chi connectivity index (χ3n) is 2.03. The number of hydrogen-bond acceptors (Lipinski definition) is 2. The Balaban J connectivity index is 2.61. The van der Waals surface area contributed by atoms with E-state index in [0.717, 1.165) is 0 Å². The van der Waals surface area contributed by atoms with Gasteiger partial charge in [-0.2, -0.15) is 13.2 Å². The molecule has 90 valence electrons. The number of carbonyl (C=O) groups is 1. The van der Waals surface area contributed by atoms with E-state index in [1.165, 1.54) is 23.0 Å². The van der Waals surface area contributed by atoms with E-state index in [0.29, 0.717) is 19.6 Å². The standard InChI is InChI=1S/C10H12F3NO2/c1-16-6-2-4-14-5-3-8(7-14)9(15)10(11,12)13/h3,5,7H,2,4,6H2,1H3. The minimum absolute atomic E-state index is 0.329. The smallest absolute Gasteiger partial charge is 0.385 e. The fraction of sp³-hybridized carbons (Fsp3) is 0.500. The highest BCUT2D eigenvalue weighted by Crippen LogP contribution is 2.21. The molecule has 0 spiro atoms. The van der Waals surface area contributed by atoms with E-state index >= 15 is 0 Å². The molecule has 3 nitrogen and oxygen atoms in total. The number of alkyl halides is 3. The van der Waals surface area contributed by atoms with Gasteiger partial charge in [-0.1, -0.05) is 0 Å². The molecule has 0 unspecified atom stereocenters. The number of ether oxygens (including phenoxy) is 1. The van der Waals surface area contributed by atoms with Crippen LogP contribution in [0, 0.1) is 0 Å². The predicted molar refractivity (Wildman–Crippen MR) is 51.3 cm³/mol.